The van der Waals surface area contributed by atoms with Crippen LogP contribution in [0.25, 0.3) is 0 Å². The highest BCUT2D eigenvalue weighted by molar-refractivity contribution is 5.10. The maximum Gasteiger partial charge on any atom is 0.198 e. The molecule has 0 unspecified atom stereocenters. The van der Waals surface area contributed by atoms with Crippen LogP contribution >= 0.6 is 0 Å². The van der Waals surface area contributed by atoms with Crippen LogP contribution in [0.2, 0.25) is 0 Å². The van der Waals surface area contributed by atoms with Gasteiger partial charge in [0, 0.05) is 5.56 Å². The van der Waals surface area contributed by atoms with E-state index in [1.54, 1.807) is 0 Å². The highest BCUT2D eigenvalue weighted by Crippen LogP contribution is 1.99. The summed E-state index contributed by atoms with van der Waals surface area (Å²) in [5.41, 5.74) is 2.68. The fourth-order valence-electron chi connectivity index (χ4n) is 1.06. The third-order valence-corrected chi connectivity index (χ3v) is 1.53. The summed E-state index contributed by atoms with van der Waals surface area (Å²) in [5.74, 6) is 0. The fourth-order valence-corrected chi connectivity index (χ4v) is 1.06. The minimum absolute atomic E-state index is 1.09. The second-order valence-electron chi connectivity index (χ2n) is 2.37. The molecule has 0 fully saturated rings. The summed E-state index contributed by atoms with van der Waals surface area (Å²) in [6.45, 7) is 8.27. The van der Waals surface area contributed by atoms with Gasteiger partial charge in [-0.3, -0.25) is 0 Å². The van der Waals surface area contributed by atoms with Crippen LogP contribution in [0.5, 0.6) is 0 Å². The molecule has 0 saturated heterocycles. The number of aromatic nitrogens is 2. The standard InChI is InChI=1S/C7H12N2.C2H6/c1-4-7-6(2)5-9(3)8-7;1-2/h5H,4H2,1-3H3;1-2H3/p+1. The number of nitrogens with zero attached hydrogens (tertiary/aromatic N) is 1. The van der Waals surface area contributed by atoms with E-state index in [0.29, 0.717) is 0 Å². The Balaban J connectivity index is 0.000000461. The first-order valence-electron chi connectivity index (χ1n) is 4.28. The van der Waals surface area contributed by atoms with Crippen LogP contribution in [-0.2, 0) is 13.5 Å². The van der Waals surface area contributed by atoms with Gasteiger partial charge < -0.3 is 0 Å². The number of rotatable bonds is 1. The molecule has 1 rings (SSSR count). The van der Waals surface area contributed by atoms with Gasteiger partial charge in [0.15, 0.2) is 13.2 Å². The zero-order valence-corrected chi connectivity index (χ0v) is 8.23. The van der Waals surface area contributed by atoms with Crippen molar-refractivity contribution >= 4 is 0 Å². The normalized spacial score (nSPS) is 8.82. The van der Waals surface area contributed by atoms with E-state index in [1.165, 1.54) is 11.3 Å². The summed E-state index contributed by atoms with van der Waals surface area (Å²) in [6.07, 6.45) is 3.19. The van der Waals surface area contributed by atoms with Gasteiger partial charge in [0.05, 0.1) is 5.69 Å². The third-order valence-electron chi connectivity index (χ3n) is 1.53. The van der Waals surface area contributed by atoms with Crippen molar-refractivity contribution in [2.45, 2.75) is 34.1 Å². The number of H-pyrrole nitrogens is 1. The van der Waals surface area contributed by atoms with Crippen molar-refractivity contribution in [2.75, 3.05) is 0 Å². The average Bonchev–Trinajstić information content (AvgIpc) is 2.33. The lowest BCUT2D eigenvalue weighted by molar-refractivity contribution is -0.727. The van der Waals surface area contributed by atoms with E-state index in [2.05, 4.69) is 25.1 Å². The van der Waals surface area contributed by atoms with Gasteiger partial charge in [0.25, 0.3) is 0 Å². The van der Waals surface area contributed by atoms with E-state index in [1.807, 2.05) is 25.6 Å². The molecule has 0 aliphatic rings. The molecule has 0 bridgehead atoms. The van der Waals surface area contributed by atoms with Crippen LogP contribution in [0, 0.1) is 6.92 Å². The first kappa shape index (κ1) is 10.2. The molecule has 0 amide bonds. The Bertz CT molecular complexity index is 201. The Morgan fingerprint density at radius 1 is 1.45 bits per heavy atom. The van der Waals surface area contributed by atoms with Crippen LogP contribution < -0.4 is 4.68 Å². The number of aryl methyl sites for hydroxylation is 3. The highest BCUT2D eigenvalue weighted by Gasteiger charge is 2.03. The zero-order valence-electron chi connectivity index (χ0n) is 8.23. The van der Waals surface area contributed by atoms with E-state index >= 15 is 0 Å². The highest BCUT2D eigenvalue weighted by atomic mass is 15.2. The van der Waals surface area contributed by atoms with Crippen molar-refractivity contribution in [3.8, 4) is 0 Å². The fraction of sp³-hybridized carbons (Fsp3) is 0.667. The monoisotopic (exact) mass is 155 g/mol. The molecule has 0 saturated carbocycles. The summed E-state index contributed by atoms with van der Waals surface area (Å²) >= 11 is 0. The van der Waals surface area contributed by atoms with Crippen molar-refractivity contribution in [1.82, 2.24) is 5.10 Å². The maximum absolute atomic E-state index is 3.21. The lowest BCUT2D eigenvalue weighted by Gasteiger charge is -1.83. The minimum Gasteiger partial charge on any atom is -0.170 e. The lowest BCUT2D eigenvalue weighted by atomic mass is 10.2. The second-order valence-corrected chi connectivity index (χ2v) is 2.37. The van der Waals surface area contributed by atoms with Crippen LogP contribution in [0.1, 0.15) is 32.0 Å². The second kappa shape index (κ2) is 4.94. The van der Waals surface area contributed by atoms with Gasteiger partial charge in [-0.2, -0.15) is 5.10 Å². The van der Waals surface area contributed by atoms with Crippen molar-refractivity contribution in [3.63, 3.8) is 0 Å². The Morgan fingerprint density at radius 3 is 2.18 bits per heavy atom. The molecule has 1 N–H and O–H groups in total. The molecule has 0 atom stereocenters. The predicted molar refractivity (Wildman–Crippen MR) is 47.4 cm³/mol. The van der Waals surface area contributed by atoms with Crippen molar-refractivity contribution < 1.29 is 4.68 Å². The topological polar surface area (TPSA) is 19.7 Å². The van der Waals surface area contributed by atoms with Gasteiger partial charge in [-0.25, -0.2) is 0 Å². The number of hydrogen-bond acceptors (Lipinski definition) is 0. The Morgan fingerprint density at radius 2 is 2.00 bits per heavy atom. The van der Waals surface area contributed by atoms with Crippen LogP contribution in [-0.4, -0.2) is 5.10 Å². The Hall–Kier alpha value is -0.790. The van der Waals surface area contributed by atoms with Crippen molar-refractivity contribution in [1.29, 1.82) is 0 Å². The lowest BCUT2D eigenvalue weighted by Crippen LogP contribution is -2.28. The predicted octanol–water partition coefficient (Wildman–Crippen LogP) is 1.74. The minimum atomic E-state index is 1.09. The van der Waals surface area contributed by atoms with Gasteiger partial charge in [-0.1, -0.05) is 20.8 Å². The number of hydrogen-bond donors (Lipinski definition) is 1. The summed E-state index contributed by atoms with van der Waals surface area (Å²) in [6, 6.07) is 0. The summed E-state index contributed by atoms with van der Waals surface area (Å²) in [7, 11) is 2.01. The van der Waals surface area contributed by atoms with E-state index < -0.39 is 0 Å². The quantitative estimate of drug-likeness (QED) is 0.596. The van der Waals surface area contributed by atoms with Crippen molar-refractivity contribution in [2.24, 2.45) is 7.05 Å². The molecule has 11 heavy (non-hydrogen) atoms. The summed E-state index contributed by atoms with van der Waals surface area (Å²) in [4.78, 5) is 0. The van der Waals surface area contributed by atoms with Gasteiger partial charge in [0.1, 0.15) is 0 Å². The van der Waals surface area contributed by atoms with Gasteiger partial charge >= 0.3 is 0 Å². The summed E-state index contributed by atoms with van der Waals surface area (Å²) < 4.78 is 1.98. The number of nitrogens with one attached hydrogen (secondary N) is 1. The zero-order chi connectivity index (χ0) is 8.85. The molecule has 0 radical (unpaired) electrons. The molecular formula is C9H19N2+. The molecular weight excluding hydrogens is 136 g/mol. The van der Waals surface area contributed by atoms with E-state index in [9.17, 15) is 0 Å². The SMILES string of the molecule is CC.CCc1[nH][n+](C)cc1C. The molecule has 1 heterocycles. The molecule has 0 spiro atoms. The molecule has 2 heteroatoms. The molecule has 0 aliphatic heterocycles. The number of aromatic amines is 1. The molecule has 0 aliphatic carbocycles. The van der Waals surface area contributed by atoms with Gasteiger partial charge in [-0.05, 0) is 13.3 Å². The Labute approximate surface area is 69.2 Å². The van der Waals surface area contributed by atoms with Gasteiger partial charge in [0.2, 0.25) is 0 Å². The first-order chi connectivity index (χ1) is 5.24. The van der Waals surface area contributed by atoms with E-state index in [4.69, 9.17) is 0 Å². The first-order valence-corrected chi connectivity index (χ1v) is 4.28. The van der Waals surface area contributed by atoms with Crippen molar-refractivity contribution in [3.05, 3.63) is 17.5 Å². The summed E-state index contributed by atoms with van der Waals surface area (Å²) in [5, 5.41) is 3.21. The van der Waals surface area contributed by atoms with E-state index in [0.717, 1.165) is 6.42 Å². The largest absolute Gasteiger partial charge is 0.198 e. The van der Waals surface area contributed by atoms with Crippen LogP contribution in [0.3, 0.4) is 0 Å². The molecule has 2 nitrogen and oxygen atoms in total. The molecule has 1 aromatic rings. The third kappa shape index (κ3) is 2.74. The smallest absolute Gasteiger partial charge is 0.170 e. The van der Waals surface area contributed by atoms with Crippen LogP contribution in [0.15, 0.2) is 6.20 Å². The average molecular weight is 155 g/mol. The molecule has 64 valence electrons. The molecule has 0 aromatic carbocycles. The van der Waals surface area contributed by atoms with Gasteiger partial charge in [-0.15, -0.1) is 4.68 Å². The maximum atomic E-state index is 3.21. The van der Waals surface area contributed by atoms with E-state index in [-0.39, 0.29) is 0 Å². The Kier molecular flexibility index (Phi) is 4.59. The molecule has 1 aromatic heterocycles. The van der Waals surface area contributed by atoms with Crippen LogP contribution in [0.4, 0.5) is 0 Å².